The lowest BCUT2D eigenvalue weighted by atomic mass is 9.89. The maximum atomic E-state index is 14.5. The summed E-state index contributed by atoms with van der Waals surface area (Å²) in [4.78, 5) is 73.4. The highest BCUT2D eigenvalue weighted by Crippen LogP contribution is 2.30. The molecular formula is C51H79N5O8. The summed E-state index contributed by atoms with van der Waals surface area (Å²) < 4.78 is 12.2. The van der Waals surface area contributed by atoms with Gasteiger partial charge >= 0.3 is 5.97 Å². The molecule has 356 valence electrons. The number of nitrogens with zero attached hydrogens (tertiary/aromatic N) is 3. The number of allylic oxidation sites excluding steroid dienone is 1. The van der Waals surface area contributed by atoms with Crippen LogP contribution in [0.3, 0.4) is 0 Å². The van der Waals surface area contributed by atoms with E-state index in [9.17, 15) is 24.0 Å². The van der Waals surface area contributed by atoms with Crippen molar-refractivity contribution in [3.63, 3.8) is 0 Å². The van der Waals surface area contributed by atoms with Crippen LogP contribution >= 0.6 is 0 Å². The number of benzene rings is 2. The van der Waals surface area contributed by atoms with Gasteiger partial charge in [0, 0.05) is 34.2 Å². The van der Waals surface area contributed by atoms with Crippen molar-refractivity contribution in [2.24, 2.45) is 23.7 Å². The van der Waals surface area contributed by atoms with Crippen molar-refractivity contribution < 1.29 is 38.6 Å². The molecule has 0 saturated carbocycles. The fraction of sp³-hybridized carbons (Fsp3) is 0.627. The van der Waals surface area contributed by atoms with Crippen LogP contribution in [0.2, 0.25) is 0 Å². The number of likely N-dealkylation sites (N-methyl/N-ethyl adjacent to an activating group) is 2. The van der Waals surface area contributed by atoms with E-state index >= 15 is 0 Å². The summed E-state index contributed by atoms with van der Waals surface area (Å²) in [7, 11) is 6.68. The Morgan fingerprint density at radius 1 is 0.859 bits per heavy atom. The lowest BCUT2D eigenvalue weighted by Crippen LogP contribution is -2.60. The molecule has 13 nitrogen and oxygen atoms in total. The highest BCUT2D eigenvalue weighted by molar-refractivity contribution is 5.90. The Balaban J connectivity index is 1.78. The molecule has 2 aromatic carbocycles. The molecule has 64 heavy (non-hydrogen) atoms. The van der Waals surface area contributed by atoms with Gasteiger partial charge in [0.05, 0.1) is 48.7 Å². The minimum Gasteiger partial charge on any atom is -0.481 e. The third-order valence-electron chi connectivity index (χ3n) is 13.0. The number of carbonyl (C=O) groups is 5. The highest BCUT2D eigenvalue weighted by Gasteiger charge is 2.43. The number of hydrogen-bond acceptors (Lipinski definition) is 8. The second-order valence-electron chi connectivity index (χ2n) is 18.4. The normalized spacial score (nSPS) is 18.0. The van der Waals surface area contributed by atoms with Crippen molar-refractivity contribution in [1.82, 2.24) is 25.3 Å². The summed E-state index contributed by atoms with van der Waals surface area (Å²) in [5.41, 5.74) is 2.29. The summed E-state index contributed by atoms with van der Waals surface area (Å²) in [6.07, 6.45) is 6.86. The number of rotatable bonds is 27. The molecule has 9 atom stereocenters. The van der Waals surface area contributed by atoms with Crippen LogP contribution in [0.25, 0.3) is 0 Å². The predicted molar refractivity (Wildman–Crippen MR) is 252 cm³/mol. The fourth-order valence-electron chi connectivity index (χ4n) is 9.24. The van der Waals surface area contributed by atoms with E-state index < -0.39 is 42.2 Å². The van der Waals surface area contributed by atoms with E-state index in [0.717, 1.165) is 18.4 Å². The van der Waals surface area contributed by atoms with E-state index in [-0.39, 0.29) is 66.3 Å². The number of carboxylic acids is 1. The largest absolute Gasteiger partial charge is 0.481 e. The number of likely N-dealkylation sites (tertiary alicyclic amines) is 1. The first-order valence-electron chi connectivity index (χ1n) is 23.3. The van der Waals surface area contributed by atoms with E-state index in [4.69, 9.17) is 14.6 Å². The van der Waals surface area contributed by atoms with Gasteiger partial charge in [-0.2, -0.15) is 0 Å². The Hall–Kier alpha value is -4.59. The molecule has 0 unspecified atom stereocenters. The maximum Gasteiger partial charge on any atom is 0.303 e. The lowest BCUT2D eigenvalue weighted by molar-refractivity contribution is -0.148. The first-order chi connectivity index (χ1) is 30.4. The summed E-state index contributed by atoms with van der Waals surface area (Å²) >= 11 is 0. The number of carbonyl (C=O) groups excluding carboxylic acids is 4. The Kier molecular flexibility index (Phi) is 22.7. The summed E-state index contributed by atoms with van der Waals surface area (Å²) in [6.45, 7) is 14.5. The second-order valence-corrected chi connectivity index (χ2v) is 18.4. The summed E-state index contributed by atoms with van der Waals surface area (Å²) in [5, 5.41) is 15.5. The van der Waals surface area contributed by atoms with Gasteiger partial charge < -0.3 is 35.0 Å². The van der Waals surface area contributed by atoms with Crippen molar-refractivity contribution in [3.05, 3.63) is 83.9 Å². The first-order valence-corrected chi connectivity index (χ1v) is 23.3. The van der Waals surface area contributed by atoms with Crippen molar-refractivity contribution in [2.75, 3.05) is 41.4 Å². The van der Waals surface area contributed by atoms with E-state index in [1.165, 1.54) is 5.56 Å². The minimum atomic E-state index is -0.889. The topological polar surface area (TPSA) is 158 Å². The first kappa shape index (κ1) is 53.7. The number of carboxylic acid groups (broad SMARTS) is 1. The van der Waals surface area contributed by atoms with Crippen LogP contribution in [-0.4, -0.2) is 133 Å². The maximum absolute atomic E-state index is 14.5. The van der Waals surface area contributed by atoms with Gasteiger partial charge in [-0.25, -0.2) is 0 Å². The third kappa shape index (κ3) is 15.8. The number of nitrogens with one attached hydrogen (secondary N) is 2. The molecule has 0 aromatic heterocycles. The number of ether oxygens (including phenoxy) is 2. The molecule has 0 spiro atoms. The predicted octanol–water partition coefficient (Wildman–Crippen LogP) is 6.40. The number of hydrogen-bond donors (Lipinski definition) is 3. The van der Waals surface area contributed by atoms with Crippen LogP contribution in [-0.2, 0) is 46.3 Å². The van der Waals surface area contributed by atoms with Crippen molar-refractivity contribution in [3.8, 4) is 0 Å². The van der Waals surface area contributed by atoms with E-state index in [1.807, 2.05) is 94.7 Å². The van der Waals surface area contributed by atoms with E-state index in [2.05, 4.69) is 47.1 Å². The Labute approximate surface area is 383 Å². The number of aliphatic carboxylic acids is 1. The summed E-state index contributed by atoms with van der Waals surface area (Å²) in [6, 6.07) is 17.7. The fourth-order valence-corrected chi connectivity index (χ4v) is 9.24. The van der Waals surface area contributed by atoms with E-state index in [1.54, 1.807) is 33.2 Å². The van der Waals surface area contributed by atoms with Gasteiger partial charge in [0.2, 0.25) is 23.6 Å². The van der Waals surface area contributed by atoms with Crippen LogP contribution in [0.1, 0.15) is 98.1 Å². The van der Waals surface area contributed by atoms with Crippen LogP contribution in [0.15, 0.2) is 72.8 Å². The zero-order valence-corrected chi connectivity index (χ0v) is 40.5. The molecule has 13 heteroatoms. The van der Waals surface area contributed by atoms with Crippen LogP contribution in [0.5, 0.6) is 0 Å². The molecule has 2 aromatic rings. The zero-order chi connectivity index (χ0) is 47.5. The lowest BCUT2D eigenvalue weighted by Gasteiger charge is -2.41. The molecule has 1 aliphatic heterocycles. The van der Waals surface area contributed by atoms with E-state index in [0.29, 0.717) is 38.8 Å². The minimum absolute atomic E-state index is 0.000671. The van der Waals surface area contributed by atoms with Gasteiger partial charge in [-0.1, -0.05) is 128 Å². The SMILES string of the molecule is CC[C@H](C)[C@@H]([C@@H](CC(=O)N1CCC[C@H]1[C@H](OC)[C@@H](C)C(=O)N[C@H](C=CCc1ccccc1)Cc1ccccc1)OC)N(C)C(=O)[C@@H](NC(=O)[C@H](C(C)C)N(C)CCCC(=O)O)C(C)C. The van der Waals surface area contributed by atoms with Gasteiger partial charge in [-0.05, 0) is 74.6 Å². The second kappa shape index (κ2) is 27.0. The molecule has 1 fully saturated rings. The number of amides is 4. The number of methoxy groups -OCH3 is 2. The summed E-state index contributed by atoms with van der Waals surface area (Å²) in [5.74, 6) is -2.73. The van der Waals surface area contributed by atoms with Crippen LogP contribution in [0.4, 0.5) is 0 Å². The average molecular weight is 890 g/mol. The van der Waals surface area contributed by atoms with Gasteiger partial charge in [-0.3, -0.25) is 28.9 Å². The van der Waals surface area contributed by atoms with Gasteiger partial charge in [-0.15, -0.1) is 0 Å². The van der Waals surface area contributed by atoms with Crippen molar-refractivity contribution in [1.29, 1.82) is 0 Å². The van der Waals surface area contributed by atoms with Crippen molar-refractivity contribution >= 4 is 29.6 Å². The standard InChI is InChI=1S/C51H79N5O8/c1-12-36(6)47(55(9)51(62)45(34(2)3)53-50(61)46(35(4)5)54(8)30-21-29-44(58)59)42(63-10)33-43(57)56-31-20-28-41(56)48(64-11)37(7)49(60)52-40(32-39-24-17-14-18-25-39)27-19-26-38-22-15-13-16-23-38/h13-19,22-25,27,34-37,40-42,45-48H,12,20-21,26,28-33H2,1-11H3,(H,52,60)(H,53,61)(H,58,59)/t36-,37+,40+,41-,42+,45-,46-,47-,48+/m0/s1. The molecular weight excluding hydrogens is 811 g/mol. The molecule has 1 heterocycles. The highest BCUT2D eigenvalue weighted by atomic mass is 16.5. The quantitative estimate of drug-likeness (QED) is 0.0865. The van der Waals surface area contributed by atoms with Crippen LogP contribution in [0, 0.1) is 23.7 Å². The monoisotopic (exact) mass is 890 g/mol. The molecule has 1 saturated heterocycles. The molecule has 0 radical (unpaired) electrons. The zero-order valence-electron chi connectivity index (χ0n) is 40.5. The Bertz CT molecular complexity index is 1770. The molecule has 3 N–H and O–H groups in total. The van der Waals surface area contributed by atoms with Gasteiger partial charge in [0.1, 0.15) is 6.04 Å². The van der Waals surface area contributed by atoms with Crippen molar-refractivity contribution in [2.45, 2.75) is 142 Å². The van der Waals surface area contributed by atoms with Gasteiger partial charge in [0.15, 0.2) is 0 Å². The van der Waals surface area contributed by atoms with Crippen LogP contribution < -0.4 is 10.6 Å². The molecule has 0 aliphatic carbocycles. The molecule has 4 amide bonds. The Morgan fingerprint density at radius 2 is 1.48 bits per heavy atom. The average Bonchev–Trinajstić information content (AvgIpc) is 3.75. The Morgan fingerprint density at radius 3 is 2.03 bits per heavy atom. The molecule has 3 rings (SSSR count). The van der Waals surface area contributed by atoms with Gasteiger partial charge in [0.25, 0.3) is 0 Å². The molecule has 0 bridgehead atoms. The molecule has 1 aliphatic rings. The smallest absolute Gasteiger partial charge is 0.303 e. The third-order valence-corrected chi connectivity index (χ3v) is 13.0.